The van der Waals surface area contributed by atoms with E-state index in [1.165, 1.54) is 0 Å². The maximum absolute atomic E-state index is 5.84. The second kappa shape index (κ2) is 4.68. The standard InChI is InChI=1S/C14H22N2O2/c1-11-3-4-13(18-11)14(9-17-10-14)7-12-8-16(2)6-5-15-12/h3-4,12,15H,5-10H2,1-2H3. The van der Waals surface area contributed by atoms with Crippen molar-refractivity contribution in [1.29, 1.82) is 0 Å². The summed E-state index contributed by atoms with van der Waals surface area (Å²) in [5, 5.41) is 3.61. The average molecular weight is 250 g/mol. The number of rotatable bonds is 3. The summed E-state index contributed by atoms with van der Waals surface area (Å²) in [5.74, 6) is 2.09. The first-order valence-electron chi connectivity index (χ1n) is 6.75. The van der Waals surface area contributed by atoms with Crippen molar-refractivity contribution < 1.29 is 9.15 Å². The summed E-state index contributed by atoms with van der Waals surface area (Å²) in [4.78, 5) is 2.39. The van der Waals surface area contributed by atoms with Crippen molar-refractivity contribution in [3.05, 3.63) is 23.7 Å². The topological polar surface area (TPSA) is 37.6 Å². The quantitative estimate of drug-likeness (QED) is 0.873. The number of aryl methyl sites for hydroxylation is 1. The van der Waals surface area contributed by atoms with Crippen molar-refractivity contribution in [1.82, 2.24) is 10.2 Å². The second-order valence-corrected chi connectivity index (χ2v) is 5.80. The van der Waals surface area contributed by atoms with Crippen LogP contribution >= 0.6 is 0 Å². The van der Waals surface area contributed by atoms with Crippen LogP contribution in [0.1, 0.15) is 17.9 Å². The summed E-state index contributed by atoms with van der Waals surface area (Å²) in [7, 11) is 2.19. The van der Waals surface area contributed by atoms with Crippen LogP contribution in [0.25, 0.3) is 0 Å². The molecule has 0 aliphatic carbocycles. The molecular weight excluding hydrogens is 228 g/mol. The Balaban J connectivity index is 1.72. The molecule has 0 bridgehead atoms. The van der Waals surface area contributed by atoms with E-state index in [4.69, 9.17) is 9.15 Å². The maximum Gasteiger partial charge on any atom is 0.115 e. The number of ether oxygens (including phenoxy) is 1. The third-order valence-electron chi connectivity index (χ3n) is 4.12. The van der Waals surface area contributed by atoms with Gasteiger partial charge < -0.3 is 19.4 Å². The molecule has 2 aliphatic rings. The summed E-state index contributed by atoms with van der Waals surface area (Å²) >= 11 is 0. The van der Waals surface area contributed by atoms with Crippen LogP contribution in [0.4, 0.5) is 0 Å². The van der Waals surface area contributed by atoms with Crippen molar-refractivity contribution in [3.8, 4) is 0 Å². The number of nitrogens with zero attached hydrogens (tertiary/aromatic N) is 1. The number of hydrogen-bond acceptors (Lipinski definition) is 4. The molecule has 2 fully saturated rings. The molecule has 1 unspecified atom stereocenters. The Morgan fingerprint density at radius 1 is 1.44 bits per heavy atom. The summed E-state index contributed by atoms with van der Waals surface area (Å²) in [5.41, 5.74) is 0.101. The Hall–Kier alpha value is -0.840. The van der Waals surface area contributed by atoms with Crippen LogP contribution in [0, 0.1) is 6.92 Å². The fourth-order valence-electron chi connectivity index (χ4n) is 3.03. The molecule has 0 amide bonds. The predicted molar refractivity (Wildman–Crippen MR) is 69.8 cm³/mol. The van der Waals surface area contributed by atoms with E-state index in [0.29, 0.717) is 6.04 Å². The summed E-state index contributed by atoms with van der Waals surface area (Å²) in [6.07, 6.45) is 1.10. The van der Waals surface area contributed by atoms with Gasteiger partial charge in [-0.1, -0.05) is 0 Å². The van der Waals surface area contributed by atoms with Gasteiger partial charge in [-0.25, -0.2) is 0 Å². The lowest BCUT2D eigenvalue weighted by Crippen LogP contribution is -2.56. The van der Waals surface area contributed by atoms with E-state index in [1.54, 1.807) is 0 Å². The van der Waals surface area contributed by atoms with Crippen molar-refractivity contribution in [2.75, 3.05) is 39.9 Å². The largest absolute Gasteiger partial charge is 0.466 e. The first-order chi connectivity index (χ1) is 8.68. The highest BCUT2D eigenvalue weighted by molar-refractivity contribution is 5.21. The Morgan fingerprint density at radius 2 is 2.28 bits per heavy atom. The number of hydrogen-bond donors (Lipinski definition) is 1. The summed E-state index contributed by atoms with van der Waals surface area (Å²) in [6, 6.07) is 4.71. The molecule has 1 N–H and O–H groups in total. The molecule has 100 valence electrons. The number of nitrogens with one attached hydrogen (secondary N) is 1. The fraction of sp³-hybridized carbons (Fsp3) is 0.714. The molecule has 0 saturated carbocycles. The smallest absolute Gasteiger partial charge is 0.115 e. The van der Waals surface area contributed by atoms with Gasteiger partial charge in [-0.05, 0) is 32.5 Å². The Labute approximate surface area is 108 Å². The van der Waals surface area contributed by atoms with E-state index >= 15 is 0 Å². The van der Waals surface area contributed by atoms with E-state index < -0.39 is 0 Å². The van der Waals surface area contributed by atoms with Crippen LogP contribution < -0.4 is 5.32 Å². The van der Waals surface area contributed by atoms with Crippen LogP contribution in [-0.2, 0) is 10.2 Å². The molecule has 1 aromatic heterocycles. The molecule has 1 aromatic rings. The molecule has 18 heavy (non-hydrogen) atoms. The molecule has 3 rings (SSSR count). The number of likely N-dealkylation sites (N-methyl/N-ethyl adjacent to an activating group) is 1. The molecule has 3 heterocycles. The minimum Gasteiger partial charge on any atom is -0.466 e. The first-order valence-corrected chi connectivity index (χ1v) is 6.75. The van der Waals surface area contributed by atoms with E-state index in [0.717, 1.165) is 50.8 Å². The van der Waals surface area contributed by atoms with Crippen LogP contribution in [0.2, 0.25) is 0 Å². The van der Waals surface area contributed by atoms with Crippen LogP contribution in [0.5, 0.6) is 0 Å². The highest BCUT2D eigenvalue weighted by Gasteiger charge is 2.45. The Morgan fingerprint density at radius 3 is 2.83 bits per heavy atom. The van der Waals surface area contributed by atoms with Gasteiger partial charge in [0.15, 0.2) is 0 Å². The van der Waals surface area contributed by atoms with E-state index in [9.17, 15) is 0 Å². The third-order valence-corrected chi connectivity index (χ3v) is 4.12. The maximum atomic E-state index is 5.84. The lowest BCUT2D eigenvalue weighted by atomic mass is 9.77. The van der Waals surface area contributed by atoms with Gasteiger partial charge in [-0.15, -0.1) is 0 Å². The third kappa shape index (κ3) is 2.20. The van der Waals surface area contributed by atoms with Crippen molar-refractivity contribution in [2.45, 2.75) is 24.8 Å². The van der Waals surface area contributed by atoms with Gasteiger partial charge in [-0.2, -0.15) is 0 Å². The lowest BCUT2D eigenvalue weighted by molar-refractivity contribution is -0.0806. The number of furan rings is 1. The van der Waals surface area contributed by atoms with Crippen molar-refractivity contribution in [3.63, 3.8) is 0 Å². The molecule has 2 saturated heterocycles. The van der Waals surface area contributed by atoms with Gasteiger partial charge in [0, 0.05) is 25.7 Å². The average Bonchev–Trinajstić information content (AvgIpc) is 2.71. The molecule has 1 atom stereocenters. The van der Waals surface area contributed by atoms with Gasteiger partial charge in [0.25, 0.3) is 0 Å². The van der Waals surface area contributed by atoms with Gasteiger partial charge in [0.05, 0.1) is 18.6 Å². The minimum absolute atomic E-state index is 0.101. The Kier molecular flexibility index (Phi) is 3.18. The molecule has 0 spiro atoms. The fourth-order valence-corrected chi connectivity index (χ4v) is 3.03. The van der Waals surface area contributed by atoms with Crippen LogP contribution in [0.15, 0.2) is 16.5 Å². The Bertz CT molecular complexity index is 412. The van der Waals surface area contributed by atoms with Gasteiger partial charge in [0.1, 0.15) is 11.5 Å². The zero-order valence-electron chi connectivity index (χ0n) is 11.2. The van der Waals surface area contributed by atoms with Gasteiger partial charge in [0.2, 0.25) is 0 Å². The van der Waals surface area contributed by atoms with Crippen LogP contribution in [-0.4, -0.2) is 50.8 Å². The molecule has 4 heteroatoms. The summed E-state index contributed by atoms with van der Waals surface area (Å²) in [6.45, 7) is 6.92. The highest BCUT2D eigenvalue weighted by Crippen LogP contribution is 2.38. The molecular formula is C14H22N2O2. The molecule has 0 aromatic carbocycles. The second-order valence-electron chi connectivity index (χ2n) is 5.80. The van der Waals surface area contributed by atoms with E-state index in [2.05, 4.69) is 29.4 Å². The molecule has 4 nitrogen and oxygen atoms in total. The molecule has 0 radical (unpaired) electrons. The van der Waals surface area contributed by atoms with Gasteiger partial charge in [-0.3, -0.25) is 0 Å². The molecule has 2 aliphatic heterocycles. The van der Waals surface area contributed by atoms with Crippen LogP contribution in [0.3, 0.4) is 0 Å². The first kappa shape index (κ1) is 12.2. The SMILES string of the molecule is Cc1ccc(C2(CC3CN(C)CCN3)COC2)o1. The zero-order chi connectivity index (χ0) is 12.6. The van der Waals surface area contributed by atoms with Crippen molar-refractivity contribution in [2.24, 2.45) is 0 Å². The summed E-state index contributed by atoms with van der Waals surface area (Å²) < 4.78 is 11.3. The van der Waals surface area contributed by atoms with Gasteiger partial charge >= 0.3 is 0 Å². The zero-order valence-corrected chi connectivity index (χ0v) is 11.2. The minimum atomic E-state index is 0.101. The lowest BCUT2D eigenvalue weighted by Gasteiger charge is -2.44. The highest BCUT2D eigenvalue weighted by atomic mass is 16.5. The predicted octanol–water partition coefficient (Wildman–Crippen LogP) is 1.15. The van der Waals surface area contributed by atoms with Crippen molar-refractivity contribution >= 4 is 0 Å². The monoisotopic (exact) mass is 250 g/mol. The number of piperazine rings is 1. The normalized spacial score (nSPS) is 28.0. The van der Waals surface area contributed by atoms with E-state index in [-0.39, 0.29) is 5.41 Å². The van der Waals surface area contributed by atoms with E-state index in [1.807, 2.05) is 6.92 Å².